The summed E-state index contributed by atoms with van der Waals surface area (Å²) >= 11 is 0. The van der Waals surface area contributed by atoms with Crippen molar-refractivity contribution in [2.75, 3.05) is 0 Å². The van der Waals surface area contributed by atoms with Gasteiger partial charge in [-0.3, -0.25) is 0 Å². The second kappa shape index (κ2) is 5.32. The molecule has 0 aliphatic rings. The Morgan fingerprint density at radius 2 is 2.25 bits per heavy atom. The molecule has 0 aromatic heterocycles. The van der Waals surface area contributed by atoms with Gasteiger partial charge in [-0.2, -0.15) is 0 Å². The molecular formula is C6H15OSi. The Hall–Kier alpha value is 0.177. The van der Waals surface area contributed by atoms with Crippen LogP contribution in [0.2, 0.25) is 5.54 Å². The molecule has 0 fully saturated rings. The van der Waals surface area contributed by atoms with Crippen LogP contribution >= 0.6 is 0 Å². The summed E-state index contributed by atoms with van der Waals surface area (Å²) in [5, 5.41) is 0. The normalized spacial score (nSPS) is 15.4. The van der Waals surface area contributed by atoms with Crippen molar-refractivity contribution in [2.45, 2.75) is 38.7 Å². The van der Waals surface area contributed by atoms with Gasteiger partial charge < -0.3 is 4.80 Å². The van der Waals surface area contributed by atoms with E-state index in [-0.39, 0.29) is 0 Å². The minimum absolute atomic E-state index is 0.537. The van der Waals surface area contributed by atoms with Crippen LogP contribution in [-0.2, 0) is 4.80 Å². The van der Waals surface area contributed by atoms with Gasteiger partial charge in [-0.05, 0) is 5.54 Å². The van der Waals surface area contributed by atoms with E-state index in [0.717, 1.165) is 0 Å². The van der Waals surface area contributed by atoms with Gasteiger partial charge in [0.25, 0.3) is 0 Å². The second-order valence-electron chi connectivity index (χ2n) is 2.41. The molecule has 1 radical (unpaired) electrons. The molecule has 0 spiro atoms. The molecule has 2 heteroatoms. The Bertz CT molecular complexity index is 47.8. The summed E-state index contributed by atoms with van der Waals surface area (Å²) in [4.78, 5) is 10.3. The van der Waals surface area contributed by atoms with Crippen LogP contribution in [0, 0.1) is 0 Å². The Morgan fingerprint density at radius 3 is 2.62 bits per heavy atom. The topological polar surface area (TPSA) is 19.9 Å². The van der Waals surface area contributed by atoms with Crippen LogP contribution in [0.1, 0.15) is 33.1 Å². The Morgan fingerprint density at radius 1 is 1.62 bits per heavy atom. The molecule has 1 nitrogen and oxygen atoms in total. The SMILES string of the molecule is CCCCC(C)[SiH2][O]. The van der Waals surface area contributed by atoms with Gasteiger partial charge >= 0.3 is 0 Å². The molecule has 0 aliphatic heterocycles. The Labute approximate surface area is 54.1 Å². The lowest BCUT2D eigenvalue weighted by Gasteiger charge is -2.01. The lowest BCUT2D eigenvalue weighted by molar-refractivity contribution is 0.454. The van der Waals surface area contributed by atoms with Crippen LogP contribution < -0.4 is 0 Å². The summed E-state index contributed by atoms with van der Waals surface area (Å²) in [5.74, 6) is 0. The first-order valence-electron chi connectivity index (χ1n) is 3.39. The third kappa shape index (κ3) is 4.34. The summed E-state index contributed by atoms with van der Waals surface area (Å²) in [6, 6.07) is 0. The summed E-state index contributed by atoms with van der Waals surface area (Å²) in [6.07, 6.45) is 3.65. The fourth-order valence-corrected chi connectivity index (χ4v) is 1.09. The van der Waals surface area contributed by atoms with E-state index >= 15 is 0 Å². The van der Waals surface area contributed by atoms with E-state index in [2.05, 4.69) is 13.8 Å². The predicted octanol–water partition coefficient (Wildman–Crippen LogP) is 1.50. The summed E-state index contributed by atoms with van der Waals surface area (Å²) in [5.41, 5.74) is 0.537. The highest BCUT2D eigenvalue weighted by Crippen LogP contribution is 2.10. The van der Waals surface area contributed by atoms with E-state index in [1.807, 2.05) is 0 Å². The third-order valence-electron chi connectivity index (χ3n) is 1.33. The molecule has 0 bridgehead atoms. The van der Waals surface area contributed by atoms with Gasteiger partial charge in [0.2, 0.25) is 9.76 Å². The second-order valence-corrected chi connectivity index (χ2v) is 4.14. The summed E-state index contributed by atoms with van der Waals surface area (Å²) in [7, 11) is -0.932. The first-order valence-corrected chi connectivity index (χ1v) is 4.78. The first kappa shape index (κ1) is 8.18. The van der Waals surface area contributed by atoms with Crippen molar-refractivity contribution in [1.82, 2.24) is 0 Å². The van der Waals surface area contributed by atoms with E-state index in [4.69, 9.17) is 0 Å². The smallest absolute Gasteiger partial charge is 0.209 e. The average Bonchev–Trinajstić information content (AvgIpc) is 1.83. The number of rotatable bonds is 4. The highest BCUT2D eigenvalue weighted by molar-refractivity contribution is 6.27. The average molecular weight is 131 g/mol. The molecule has 0 aromatic rings. The molecule has 0 rings (SSSR count). The van der Waals surface area contributed by atoms with E-state index < -0.39 is 9.76 Å². The molecule has 1 atom stereocenters. The van der Waals surface area contributed by atoms with Gasteiger partial charge in [0, 0.05) is 0 Å². The van der Waals surface area contributed by atoms with Crippen LogP contribution in [0.15, 0.2) is 0 Å². The van der Waals surface area contributed by atoms with Crippen molar-refractivity contribution in [3.8, 4) is 0 Å². The molecule has 0 amide bonds. The molecule has 8 heavy (non-hydrogen) atoms. The minimum atomic E-state index is -0.932. The van der Waals surface area contributed by atoms with Gasteiger partial charge in [0.05, 0.1) is 0 Å². The molecule has 0 aromatic carbocycles. The fraction of sp³-hybridized carbons (Fsp3) is 1.00. The Kier molecular flexibility index (Phi) is 5.43. The van der Waals surface area contributed by atoms with E-state index in [0.29, 0.717) is 5.54 Å². The van der Waals surface area contributed by atoms with Crippen LogP contribution in [-0.4, -0.2) is 9.76 Å². The quantitative estimate of drug-likeness (QED) is 0.515. The van der Waals surface area contributed by atoms with Crippen molar-refractivity contribution in [2.24, 2.45) is 0 Å². The first-order chi connectivity index (χ1) is 3.81. The zero-order chi connectivity index (χ0) is 6.41. The highest BCUT2D eigenvalue weighted by atomic mass is 28.2. The van der Waals surface area contributed by atoms with Crippen LogP contribution in [0.5, 0.6) is 0 Å². The third-order valence-corrected chi connectivity index (χ3v) is 2.31. The zero-order valence-electron chi connectivity index (χ0n) is 5.81. The summed E-state index contributed by atoms with van der Waals surface area (Å²) < 4.78 is 0. The Balaban J connectivity index is 2.86. The lowest BCUT2D eigenvalue weighted by Crippen LogP contribution is -1.95. The molecule has 0 saturated carbocycles. The van der Waals surface area contributed by atoms with Crippen molar-refractivity contribution in [3.63, 3.8) is 0 Å². The maximum absolute atomic E-state index is 10.3. The van der Waals surface area contributed by atoms with E-state index in [1.165, 1.54) is 19.3 Å². The van der Waals surface area contributed by atoms with Crippen LogP contribution in [0.25, 0.3) is 0 Å². The lowest BCUT2D eigenvalue weighted by atomic mass is 10.2. The predicted molar refractivity (Wildman–Crippen MR) is 38.2 cm³/mol. The maximum Gasteiger partial charge on any atom is 0.209 e. The monoisotopic (exact) mass is 131 g/mol. The van der Waals surface area contributed by atoms with E-state index in [9.17, 15) is 4.80 Å². The standard InChI is InChI=1S/C6H15OSi/c1-3-4-5-6(2)8-7/h6H,3-5,8H2,1-2H3. The fourth-order valence-electron chi connectivity index (χ4n) is 0.636. The highest BCUT2D eigenvalue weighted by Gasteiger charge is 1.98. The molecular weight excluding hydrogens is 116 g/mol. The van der Waals surface area contributed by atoms with Crippen LogP contribution in [0.4, 0.5) is 0 Å². The largest absolute Gasteiger partial charge is 0.306 e. The van der Waals surface area contributed by atoms with Gasteiger partial charge in [-0.25, -0.2) is 0 Å². The van der Waals surface area contributed by atoms with Crippen molar-refractivity contribution < 1.29 is 4.80 Å². The van der Waals surface area contributed by atoms with Crippen molar-refractivity contribution >= 4 is 9.76 Å². The molecule has 0 saturated heterocycles. The molecule has 0 N–H and O–H groups in total. The molecule has 49 valence electrons. The zero-order valence-corrected chi connectivity index (χ0v) is 7.23. The van der Waals surface area contributed by atoms with Gasteiger partial charge in [-0.15, -0.1) is 0 Å². The van der Waals surface area contributed by atoms with Crippen molar-refractivity contribution in [1.29, 1.82) is 0 Å². The van der Waals surface area contributed by atoms with Gasteiger partial charge in [-0.1, -0.05) is 33.1 Å². The number of unbranched alkanes of at least 4 members (excludes halogenated alkanes) is 1. The minimum Gasteiger partial charge on any atom is -0.306 e. The number of hydrogen-bond donors (Lipinski definition) is 0. The maximum atomic E-state index is 10.3. The molecule has 1 unspecified atom stereocenters. The van der Waals surface area contributed by atoms with Crippen LogP contribution in [0.3, 0.4) is 0 Å². The molecule has 0 heterocycles. The summed E-state index contributed by atoms with van der Waals surface area (Å²) in [6.45, 7) is 4.24. The van der Waals surface area contributed by atoms with Crippen molar-refractivity contribution in [3.05, 3.63) is 0 Å². The number of hydrogen-bond acceptors (Lipinski definition) is 0. The van der Waals surface area contributed by atoms with Gasteiger partial charge in [0.1, 0.15) is 0 Å². The van der Waals surface area contributed by atoms with E-state index in [1.54, 1.807) is 0 Å². The molecule has 0 aliphatic carbocycles. The van der Waals surface area contributed by atoms with Gasteiger partial charge in [0.15, 0.2) is 0 Å².